The van der Waals surface area contributed by atoms with Crippen LogP contribution in [0.15, 0.2) is 72.8 Å². The van der Waals surface area contributed by atoms with Crippen LogP contribution in [0.3, 0.4) is 0 Å². The Morgan fingerprint density at radius 3 is 0.784 bits per heavy atom. The van der Waals surface area contributed by atoms with Crippen molar-refractivity contribution in [1.29, 1.82) is 0 Å². The minimum atomic E-state index is -0.202. The van der Waals surface area contributed by atoms with Crippen LogP contribution in [0.4, 0.5) is 0 Å². The smallest absolute Gasteiger partial charge is 1.00 e. The first-order chi connectivity index (χ1) is 23.3. The summed E-state index contributed by atoms with van der Waals surface area (Å²) in [5, 5.41) is 0. The number of benzene rings is 2. The van der Waals surface area contributed by atoms with Crippen LogP contribution in [0, 0.1) is 31.1 Å². The summed E-state index contributed by atoms with van der Waals surface area (Å²) in [7, 11) is 0. The number of hydrogen-bond acceptors (Lipinski definition) is 3. The van der Waals surface area contributed by atoms with Gasteiger partial charge in [-0.2, -0.15) is 0 Å². The van der Waals surface area contributed by atoms with Gasteiger partial charge in [-0.05, 0) is 82.4 Å². The van der Waals surface area contributed by atoms with Gasteiger partial charge in [0.15, 0.2) is 0 Å². The summed E-state index contributed by atoms with van der Waals surface area (Å²) in [5.74, 6) is 0. The Morgan fingerprint density at radius 1 is 0.392 bits per heavy atom. The van der Waals surface area contributed by atoms with Crippen LogP contribution in [0.25, 0.3) is 0 Å². The number of aromatic nitrogens is 2. The van der Waals surface area contributed by atoms with Crippen molar-refractivity contribution in [3.63, 3.8) is 0 Å². The maximum Gasteiger partial charge on any atom is 3.00 e. The molecular formula is C44H60IN2O3U. The van der Waals surface area contributed by atoms with Crippen LogP contribution in [0.2, 0.25) is 0 Å². The predicted octanol–water partition coefficient (Wildman–Crippen LogP) is 6.61. The molecule has 0 saturated carbocycles. The Bertz CT molecular complexity index is 1380. The third-order valence-corrected chi connectivity index (χ3v) is 10.9. The van der Waals surface area contributed by atoms with Crippen LogP contribution in [0.1, 0.15) is 139 Å². The van der Waals surface area contributed by atoms with Crippen molar-refractivity contribution in [3.8, 4) is 0 Å². The molecule has 0 N–H and O–H groups in total. The first-order valence-corrected chi connectivity index (χ1v) is 18.6. The maximum atomic E-state index is 5.23. The Balaban J connectivity index is 0.000000339. The average Bonchev–Trinajstić information content (AvgIpc) is 3.96. The molecule has 8 bridgehead atoms. The van der Waals surface area contributed by atoms with Gasteiger partial charge in [0.2, 0.25) is 0 Å². The summed E-state index contributed by atoms with van der Waals surface area (Å²) < 4.78 is 14.8. The molecule has 7 heteroatoms. The fourth-order valence-corrected chi connectivity index (χ4v) is 6.83. The molecule has 4 aliphatic rings. The second-order valence-electron chi connectivity index (χ2n) is 16.1. The Labute approximate surface area is 349 Å². The van der Waals surface area contributed by atoms with Crippen LogP contribution in [-0.2, 0) is 35.9 Å². The standard InChI is InChI=1S/C32H36N2.3C4H8O.HI.U/c1-29(2)21-11-9-12-22(19-21)30(3,4)27-17-18-28(34-27)32(7,8)24-14-10-13-23(20-24)31(5,6)26-16-15-25(29)33-26;3*1-2-4-5-3-1;;/h9-20H,1-8H3;3*1-4H2;1H;/q-2;;;;;+3/p-1. The Hall–Kier alpha value is -1.34. The predicted molar refractivity (Wildman–Crippen MR) is 201 cm³/mol. The van der Waals surface area contributed by atoms with Gasteiger partial charge in [0.25, 0.3) is 0 Å². The fourth-order valence-electron chi connectivity index (χ4n) is 6.83. The summed E-state index contributed by atoms with van der Waals surface area (Å²) in [6.07, 6.45) is 7.67. The third kappa shape index (κ3) is 10.7. The number of rotatable bonds is 0. The van der Waals surface area contributed by atoms with Gasteiger partial charge >= 0.3 is 31.1 Å². The van der Waals surface area contributed by atoms with Crippen molar-refractivity contribution in [2.45, 2.75) is 116 Å². The van der Waals surface area contributed by atoms with E-state index in [4.69, 9.17) is 24.2 Å². The molecule has 5 nitrogen and oxygen atoms in total. The van der Waals surface area contributed by atoms with E-state index in [-0.39, 0.29) is 76.7 Å². The molecule has 1 radical (unpaired) electrons. The SMILES string of the molecule is C1CCOC1.C1CCOC1.C1CCOC1.CC1(C)c2cccc(c2)C(C)(C)c2ccc([n-]2)C(C)(C)c2cccc(c2)C(C)(C)c2ccc1[n-]2.[I-].[U+3]. The fraction of sp³-hybridized carbons (Fsp3) is 0.545. The van der Waals surface area contributed by atoms with Gasteiger partial charge in [0, 0.05) is 39.6 Å². The molecule has 2 aromatic heterocycles. The van der Waals surface area contributed by atoms with E-state index in [1.807, 2.05) is 0 Å². The molecule has 0 unspecified atom stereocenters. The summed E-state index contributed by atoms with van der Waals surface area (Å²) in [6.45, 7) is 24.2. The minimum absolute atomic E-state index is 0. The number of nitrogens with zero attached hydrogens (tertiary/aromatic N) is 2. The molecule has 8 rings (SSSR count). The molecular weight excluding hydrogens is 969 g/mol. The van der Waals surface area contributed by atoms with E-state index in [1.54, 1.807) is 0 Å². The first-order valence-electron chi connectivity index (χ1n) is 18.6. The van der Waals surface area contributed by atoms with Crippen molar-refractivity contribution in [1.82, 2.24) is 9.97 Å². The number of fused-ring (bicyclic) bond motifs is 8. The zero-order chi connectivity index (χ0) is 35.1. The van der Waals surface area contributed by atoms with E-state index in [2.05, 4.69) is 128 Å². The number of hydrogen-bond donors (Lipinski definition) is 0. The largest absolute Gasteiger partial charge is 3.00 e. The van der Waals surface area contributed by atoms with Crippen molar-refractivity contribution >= 4 is 0 Å². The quantitative estimate of drug-likeness (QED) is 0.186. The first kappa shape index (κ1) is 44.1. The molecule has 51 heavy (non-hydrogen) atoms. The van der Waals surface area contributed by atoms with Crippen molar-refractivity contribution in [3.05, 3.63) is 118 Å². The van der Waals surface area contributed by atoms with Crippen molar-refractivity contribution < 1.29 is 69.3 Å². The molecule has 0 spiro atoms. The molecule has 0 aliphatic carbocycles. The third-order valence-electron chi connectivity index (χ3n) is 10.9. The van der Waals surface area contributed by atoms with E-state index >= 15 is 0 Å². The monoisotopic (exact) mass is 1030 g/mol. The van der Waals surface area contributed by atoms with E-state index in [0.29, 0.717) is 0 Å². The minimum Gasteiger partial charge on any atom is -1.00 e. The van der Waals surface area contributed by atoms with E-state index in [9.17, 15) is 0 Å². The van der Waals surface area contributed by atoms with Gasteiger partial charge < -0.3 is 48.2 Å². The number of ether oxygens (including phenoxy) is 3. The normalized spacial score (nSPS) is 20.1. The molecule has 4 aromatic rings. The summed E-state index contributed by atoms with van der Waals surface area (Å²) >= 11 is 0. The molecule has 0 amide bonds. The van der Waals surface area contributed by atoms with Crippen molar-refractivity contribution in [2.75, 3.05) is 39.6 Å². The molecule has 275 valence electrons. The van der Waals surface area contributed by atoms with Gasteiger partial charge in [0.05, 0.1) is 0 Å². The zero-order valence-electron chi connectivity index (χ0n) is 32.4. The van der Waals surface area contributed by atoms with Gasteiger partial charge in [-0.15, -0.1) is 22.8 Å². The molecule has 6 heterocycles. The summed E-state index contributed by atoms with van der Waals surface area (Å²) in [6, 6.07) is 26.9. The van der Waals surface area contributed by atoms with Gasteiger partial charge in [-0.1, -0.05) is 128 Å². The second-order valence-corrected chi connectivity index (χ2v) is 16.1. The van der Waals surface area contributed by atoms with Crippen LogP contribution in [-0.4, -0.2) is 39.6 Å². The molecule has 4 aliphatic heterocycles. The zero-order valence-corrected chi connectivity index (χ0v) is 38.7. The van der Waals surface area contributed by atoms with Gasteiger partial charge in [-0.3, -0.25) is 0 Å². The van der Waals surface area contributed by atoms with E-state index < -0.39 is 0 Å². The average molecular weight is 1030 g/mol. The van der Waals surface area contributed by atoms with Gasteiger partial charge in [-0.25, -0.2) is 0 Å². The molecule has 3 saturated heterocycles. The number of halogens is 1. The Kier molecular flexibility index (Phi) is 16.7. The summed E-state index contributed by atoms with van der Waals surface area (Å²) in [4.78, 5) is 10.5. The summed E-state index contributed by atoms with van der Waals surface area (Å²) in [5.41, 5.74) is 8.76. The molecule has 0 atom stereocenters. The van der Waals surface area contributed by atoms with Crippen LogP contribution in [0.5, 0.6) is 0 Å². The molecule has 3 fully saturated rings. The van der Waals surface area contributed by atoms with Crippen molar-refractivity contribution in [2.24, 2.45) is 0 Å². The van der Waals surface area contributed by atoms with Crippen LogP contribution < -0.4 is 33.9 Å². The second kappa shape index (κ2) is 19.3. The topological polar surface area (TPSA) is 55.9 Å². The Morgan fingerprint density at radius 2 is 0.608 bits per heavy atom. The molecule has 2 aromatic carbocycles. The van der Waals surface area contributed by atoms with E-state index in [1.165, 1.54) is 60.8 Å². The van der Waals surface area contributed by atoms with Crippen LogP contribution >= 0.6 is 0 Å². The maximum absolute atomic E-state index is 5.23. The van der Waals surface area contributed by atoms with Gasteiger partial charge in [0.1, 0.15) is 0 Å². The van der Waals surface area contributed by atoms with E-state index in [0.717, 1.165) is 62.4 Å².